The third kappa shape index (κ3) is 2.60. The van der Waals surface area contributed by atoms with Crippen LogP contribution < -0.4 is 0 Å². The Hall–Kier alpha value is -2.89. The summed E-state index contributed by atoms with van der Waals surface area (Å²) >= 11 is 0. The molecule has 0 unspecified atom stereocenters. The van der Waals surface area contributed by atoms with Gasteiger partial charge in [-0.15, -0.1) is 0 Å². The largest absolute Gasteiger partial charge is 0.336 e. The van der Waals surface area contributed by atoms with Crippen molar-refractivity contribution >= 4 is 5.91 Å². The molecule has 0 saturated carbocycles. The maximum Gasteiger partial charge on any atom is 0.253 e. The number of carbonyl (C=O) groups excluding carboxylic acids is 1. The number of rotatable bonds is 4. The van der Waals surface area contributed by atoms with Gasteiger partial charge in [-0.05, 0) is 48.6 Å². The summed E-state index contributed by atoms with van der Waals surface area (Å²) in [6, 6.07) is 9.47. The molecular formula is C18H19N5O. The lowest BCUT2D eigenvalue weighted by Gasteiger charge is -2.16. The zero-order valence-electron chi connectivity index (χ0n) is 13.5. The zero-order chi connectivity index (χ0) is 16.5. The van der Waals surface area contributed by atoms with Gasteiger partial charge in [-0.25, -0.2) is 0 Å². The summed E-state index contributed by atoms with van der Waals surface area (Å²) in [6.07, 6.45) is 5.01. The molecule has 2 heterocycles. The van der Waals surface area contributed by atoms with Gasteiger partial charge < -0.3 is 4.90 Å². The smallest absolute Gasteiger partial charge is 0.253 e. The summed E-state index contributed by atoms with van der Waals surface area (Å²) < 4.78 is 0. The van der Waals surface area contributed by atoms with Crippen molar-refractivity contribution < 1.29 is 4.79 Å². The van der Waals surface area contributed by atoms with Crippen molar-refractivity contribution in [1.82, 2.24) is 25.3 Å². The Morgan fingerprint density at radius 1 is 1.17 bits per heavy atom. The number of benzene rings is 1. The predicted molar refractivity (Wildman–Crippen MR) is 90.4 cm³/mol. The summed E-state index contributed by atoms with van der Waals surface area (Å²) in [7, 11) is 1.82. The summed E-state index contributed by atoms with van der Waals surface area (Å²) in [4.78, 5) is 14.4. The van der Waals surface area contributed by atoms with Crippen LogP contribution >= 0.6 is 0 Å². The zero-order valence-corrected chi connectivity index (χ0v) is 13.5. The van der Waals surface area contributed by atoms with E-state index in [1.165, 1.54) is 17.7 Å². The van der Waals surface area contributed by atoms with E-state index in [0.29, 0.717) is 12.1 Å². The Kier molecular flexibility index (Phi) is 3.65. The number of carbonyl (C=O) groups is 1. The van der Waals surface area contributed by atoms with Gasteiger partial charge in [-0.1, -0.05) is 12.1 Å². The van der Waals surface area contributed by atoms with Crippen LogP contribution in [0.2, 0.25) is 0 Å². The number of aryl methyl sites for hydroxylation is 1. The van der Waals surface area contributed by atoms with Gasteiger partial charge in [0.05, 0.1) is 17.9 Å². The van der Waals surface area contributed by atoms with Crippen molar-refractivity contribution in [3.8, 4) is 11.3 Å². The molecule has 0 fully saturated rings. The standard InChI is InChI=1S/C18H19N5O/c1-23(11-17-14-3-2-4-16(14)21-22-17)18(24)13-7-5-12(6-8-13)15-9-10-19-20-15/h5-10H,2-4,11H2,1H3,(H,19,20)(H,21,22). The van der Waals surface area contributed by atoms with Gasteiger partial charge in [0.15, 0.2) is 0 Å². The molecule has 122 valence electrons. The molecule has 0 aliphatic heterocycles. The van der Waals surface area contributed by atoms with Crippen LogP contribution in [0.5, 0.6) is 0 Å². The SMILES string of the molecule is CN(Cc1n[nH]c2c1CCC2)C(=O)c1ccc(-c2ccn[nH]2)cc1. The molecule has 6 heteroatoms. The summed E-state index contributed by atoms with van der Waals surface area (Å²) in [5.74, 6) is 0.000840. The number of aromatic amines is 2. The second-order valence-corrected chi connectivity index (χ2v) is 6.19. The highest BCUT2D eigenvalue weighted by molar-refractivity contribution is 5.94. The van der Waals surface area contributed by atoms with Crippen LogP contribution in [0.15, 0.2) is 36.5 Å². The van der Waals surface area contributed by atoms with Crippen LogP contribution in [0.4, 0.5) is 0 Å². The highest BCUT2D eigenvalue weighted by Gasteiger charge is 2.21. The molecule has 6 nitrogen and oxygen atoms in total. The molecule has 4 rings (SSSR count). The molecule has 0 radical (unpaired) electrons. The van der Waals surface area contributed by atoms with E-state index < -0.39 is 0 Å². The predicted octanol–water partition coefficient (Wildman–Crippen LogP) is 2.56. The Morgan fingerprint density at radius 2 is 2.00 bits per heavy atom. The number of nitrogens with zero attached hydrogens (tertiary/aromatic N) is 3. The minimum absolute atomic E-state index is 0.000840. The van der Waals surface area contributed by atoms with E-state index in [2.05, 4.69) is 20.4 Å². The number of amides is 1. The van der Waals surface area contributed by atoms with Crippen LogP contribution in [-0.2, 0) is 19.4 Å². The molecule has 2 N–H and O–H groups in total. The number of H-pyrrole nitrogens is 2. The van der Waals surface area contributed by atoms with E-state index in [1.807, 2.05) is 37.4 Å². The van der Waals surface area contributed by atoms with E-state index in [4.69, 9.17) is 0 Å². The number of aromatic nitrogens is 4. The van der Waals surface area contributed by atoms with Crippen molar-refractivity contribution in [2.75, 3.05) is 7.05 Å². The molecule has 0 spiro atoms. The summed E-state index contributed by atoms with van der Waals surface area (Å²) in [5.41, 5.74) is 6.14. The molecule has 1 aliphatic carbocycles. The van der Waals surface area contributed by atoms with Gasteiger partial charge in [0.1, 0.15) is 0 Å². The first-order valence-electron chi connectivity index (χ1n) is 8.12. The fourth-order valence-corrected chi connectivity index (χ4v) is 3.24. The fraction of sp³-hybridized carbons (Fsp3) is 0.278. The second kappa shape index (κ2) is 5.96. The third-order valence-corrected chi connectivity index (χ3v) is 4.57. The van der Waals surface area contributed by atoms with Crippen molar-refractivity contribution in [3.63, 3.8) is 0 Å². The van der Waals surface area contributed by atoms with E-state index in [-0.39, 0.29) is 5.91 Å². The maximum absolute atomic E-state index is 12.6. The van der Waals surface area contributed by atoms with Crippen molar-refractivity contribution in [2.45, 2.75) is 25.8 Å². The molecule has 1 aliphatic rings. The van der Waals surface area contributed by atoms with Crippen LogP contribution in [0, 0.1) is 0 Å². The minimum Gasteiger partial charge on any atom is -0.336 e. The number of hydrogen-bond acceptors (Lipinski definition) is 3. The topological polar surface area (TPSA) is 77.7 Å². The highest BCUT2D eigenvalue weighted by atomic mass is 16.2. The normalized spacial score (nSPS) is 13.0. The van der Waals surface area contributed by atoms with Crippen LogP contribution in [0.1, 0.15) is 33.7 Å². The summed E-state index contributed by atoms with van der Waals surface area (Å²) in [5, 5.41) is 14.3. The van der Waals surface area contributed by atoms with Crippen molar-refractivity contribution in [3.05, 3.63) is 59.0 Å². The Balaban J connectivity index is 1.48. The molecule has 3 aromatic rings. The lowest BCUT2D eigenvalue weighted by Crippen LogP contribution is -2.26. The van der Waals surface area contributed by atoms with Gasteiger partial charge in [-0.3, -0.25) is 15.0 Å². The molecule has 1 amide bonds. The number of hydrogen-bond donors (Lipinski definition) is 2. The first kappa shape index (κ1) is 14.7. The molecule has 2 aromatic heterocycles. The van der Waals surface area contributed by atoms with Crippen LogP contribution in [0.3, 0.4) is 0 Å². The van der Waals surface area contributed by atoms with Gasteiger partial charge in [-0.2, -0.15) is 10.2 Å². The Morgan fingerprint density at radius 3 is 2.75 bits per heavy atom. The molecule has 24 heavy (non-hydrogen) atoms. The molecule has 0 bridgehead atoms. The molecule has 0 atom stereocenters. The van der Waals surface area contributed by atoms with E-state index in [0.717, 1.165) is 29.8 Å². The maximum atomic E-state index is 12.6. The molecule has 0 saturated heterocycles. The highest BCUT2D eigenvalue weighted by Crippen LogP contribution is 2.24. The molecular weight excluding hydrogens is 302 g/mol. The van der Waals surface area contributed by atoms with Gasteiger partial charge in [0.2, 0.25) is 0 Å². The van der Waals surface area contributed by atoms with Gasteiger partial charge >= 0.3 is 0 Å². The number of fused-ring (bicyclic) bond motifs is 1. The Labute approximate surface area is 139 Å². The number of nitrogens with one attached hydrogen (secondary N) is 2. The monoisotopic (exact) mass is 321 g/mol. The van der Waals surface area contributed by atoms with Gasteiger partial charge in [0.25, 0.3) is 5.91 Å². The lowest BCUT2D eigenvalue weighted by atomic mass is 10.1. The third-order valence-electron chi connectivity index (χ3n) is 4.57. The first-order valence-corrected chi connectivity index (χ1v) is 8.12. The second-order valence-electron chi connectivity index (χ2n) is 6.19. The quantitative estimate of drug-likeness (QED) is 0.775. The summed E-state index contributed by atoms with van der Waals surface area (Å²) in [6.45, 7) is 0.535. The molecule has 1 aromatic carbocycles. The first-order chi connectivity index (χ1) is 11.7. The van der Waals surface area contributed by atoms with Crippen LogP contribution in [-0.4, -0.2) is 38.2 Å². The van der Waals surface area contributed by atoms with E-state index in [1.54, 1.807) is 11.1 Å². The average Bonchev–Trinajstić information content (AvgIpc) is 3.34. The Bertz CT molecular complexity index is 848. The van der Waals surface area contributed by atoms with Crippen LogP contribution in [0.25, 0.3) is 11.3 Å². The fourth-order valence-electron chi connectivity index (χ4n) is 3.24. The van der Waals surface area contributed by atoms with Crippen molar-refractivity contribution in [1.29, 1.82) is 0 Å². The minimum atomic E-state index is 0.000840. The van der Waals surface area contributed by atoms with Gasteiger partial charge in [0, 0.05) is 24.5 Å². The lowest BCUT2D eigenvalue weighted by molar-refractivity contribution is 0.0783. The van der Waals surface area contributed by atoms with E-state index >= 15 is 0 Å². The van der Waals surface area contributed by atoms with E-state index in [9.17, 15) is 4.79 Å². The average molecular weight is 321 g/mol. The van der Waals surface area contributed by atoms with Crippen molar-refractivity contribution in [2.24, 2.45) is 0 Å².